The fourth-order valence-corrected chi connectivity index (χ4v) is 2.72. The number of ether oxygens (including phenoxy) is 1. The molecule has 2 rings (SSSR count). The Labute approximate surface area is 147 Å². The zero-order valence-electron chi connectivity index (χ0n) is 14.6. The highest BCUT2D eigenvalue weighted by atomic mass is 16.5. The number of benzene rings is 1. The monoisotopic (exact) mass is 344 g/mol. The SMILES string of the molecule is CC(=O)N/C(=C\c1ccccc1)C(=O)O[C@@H](C)C(=O)NC1CCCC1. The zero-order chi connectivity index (χ0) is 18.2. The van der Waals surface area contributed by atoms with Gasteiger partial charge in [-0.2, -0.15) is 0 Å². The average Bonchev–Trinajstić information content (AvgIpc) is 3.07. The Morgan fingerprint density at radius 2 is 1.80 bits per heavy atom. The first-order valence-electron chi connectivity index (χ1n) is 8.51. The number of carbonyl (C=O) groups excluding carboxylic acids is 3. The Bertz CT molecular complexity index is 649. The molecule has 6 nitrogen and oxygen atoms in total. The molecule has 1 aliphatic carbocycles. The van der Waals surface area contributed by atoms with Crippen LogP contribution in [0, 0.1) is 0 Å². The highest BCUT2D eigenvalue weighted by Gasteiger charge is 2.24. The van der Waals surface area contributed by atoms with Crippen LogP contribution in [0.3, 0.4) is 0 Å². The number of hydrogen-bond donors (Lipinski definition) is 2. The Balaban J connectivity index is 2.01. The van der Waals surface area contributed by atoms with Crippen molar-refractivity contribution in [1.82, 2.24) is 10.6 Å². The van der Waals surface area contributed by atoms with Gasteiger partial charge in [-0.3, -0.25) is 9.59 Å². The molecule has 1 atom stereocenters. The molecule has 0 radical (unpaired) electrons. The lowest BCUT2D eigenvalue weighted by molar-refractivity contribution is -0.152. The van der Waals surface area contributed by atoms with Crippen LogP contribution in [0.4, 0.5) is 0 Å². The van der Waals surface area contributed by atoms with Crippen LogP contribution >= 0.6 is 0 Å². The van der Waals surface area contributed by atoms with Gasteiger partial charge in [-0.15, -0.1) is 0 Å². The zero-order valence-corrected chi connectivity index (χ0v) is 14.6. The summed E-state index contributed by atoms with van der Waals surface area (Å²) in [5.41, 5.74) is 0.741. The standard InChI is InChI=1S/C19H24N2O4/c1-13(18(23)21-16-10-6-7-11-16)25-19(24)17(20-14(2)22)12-15-8-4-3-5-9-15/h3-5,8-9,12-13,16H,6-7,10-11H2,1-2H3,(H,20,22)(H,21,23)/b17-12-/t13-/m0/s1. The molecule has 134 valence electrons. The maximum absolute atomic E-state index is 12.3. The van der Waals surface area contributed by atoms with E-state index in [0.29, 0.717) is 0 Å². The number of esters is 1. The van der Waals surface area contributed by atoms with Crippen LogP contribution in [-0.2, 0) is 19.1 Å². The lowest BCUT2D eigenvalue weighted by Gasteiger charge is -2.18. The highest BCUT2D eigenvalue weighted by Crippen LogP contribution is 2.18. The first-order valence-corrected chi connectivity index (χ1v) is 8.51. The van der Waals surface area contributed by atoms with Crippen molar-refractivity contribution in [3.05, 3.63) is 41.6 Å². The number of carbonyl (C=O) groups is 3. The maximum atomic E-state index is 12.3. The van der Waals surface area contributed by atoms with Crippen LogP contribution in [0.25, 0.3) is 6.08 Å². The number of amides is 2. The van der Waals surface area contributed by atoms with Gasteiger partial charge in [0.15, 0.2) is 6.10 Å². The van der Waals surface area contributed by atoms with Crippen molar-refractivity contribution in [2.75, 3.05) is 0 Å². The van der Waals surface area contributed by atoms with Gasteiger partial charge in [0.05, 0.1) is 0 Å². The van der Waals surface area contributed by atoms with Crippen molar-refractivity contribution in [1.29, 1.82) is 0 Å². The third-order valence-corrected chi connectivity index (χ3v) is 4.00. The molecule has 1 aromatic carbocycles. The van der Waals surface area contributed by atoms with Crippen molar-refractivity contribution in [2.24, 2.45) is 0 Å². The van der Waals surface area contributed by atoms with Crippen molar-refractivity contribution in [2.45, 2.75) is 51.7 Å². The summed E-state index contributed by atoms with van der Waals surface area (Å²) in [6, 6.07) is 9.24. The Hall–Kier alpha value is -2.63. The van der Waals surface area contributed by atoms with E-state index < -0.39 is 12.1 Å². The van der Waals surface area contributed by atoms with Crippen LogP contribution in [0.1, 0.15) is 45.1 Å². The summed E-state index contributed by atoms with van der Waals surface area (Å²) in [5.74, 6) is -1.45. The molecule has 25 heavy (non-hydrogen) atoms. The van der Waals surface area contributed by atoms with Crippen molar-refractivity contribution in [3.8, 4) is 0 Å². The van der Waals surface area contributed by atoms with E-state index in [4.69, 9.17) is 4.74 Å². The molecule has 0 aliphatic heterocycles. The van der Waals surface area contributed by atoms with Gasteiger partial charge in [-0.1, -0.05) is 43.2 Å². The highest BCUT2D eigenvalue weighted by molar-refractivity contribution is 5.98. The second-order valence-electron chi connectivity index (χ2n) is 6.19. The maximum Gasteiger partial charge on any atom is 0.355 e. The van der Waals surface area contributed by atoms with Gasteiger partial charge < -0.3 is 15.4 Å². The van der Waals surface area contributed by atoms with Gasteiger partial charge >= 0.3 is 5.97 Å². The van der Waals surface area contributed by atoms with Crippen molar-refractivity contribution >= 4 is 23.9 Å². The molecular weight excluding hydrogens is 320 g/mol. The first-order chi connectivity index (χ1) is 12.0. The summed E-state index contributed by atoms with van der Waals surface area (Å²) < 4.78 is 5.22. The van der Waals surface area contributed by atoms with E-state index in [9.17, 15) is 14.4 Å². The van der Waals surface area contributed by atoms with Crippen LogP contribution < -0.4 is 10.6 Å². The Kier molecular flexibility index (Phi) is 6.74. The fraction of sp³-hybridized carbons (Fsp3) is 0.421. The molecule has 0 aromatic heterocycles. The largest absolute Gasteiger partial charge is 0.448 e. The van der Waals surface area contributed by atoms with E-state index in [2.05, 4.69) is 10.6 Å². The van der Waals surface area contributed by atoms with Gasteiger partial charge in [0.2, 0.25) is 5.91 Å². The van der Waals surface area contributed by atoms with Crippen molar-refractivity contribution < 1.29 is 19.1 Å². The molecule has 0 spiro atoms. The predicted molar refractivity (Wildman–Crippen MR) is 94.2 cm³/mol. The van der Waals surface area contributed by atoms with Gasteiger partial charge in [-0.25, -0.2) is 4.79 Å². The van der Waals surface area contributed by atoms with Crippen LogP contribution in [0.2, 0.25) is 0 Å². The van der Waals surface area contributed by atoms with E-state index >= 15 is 0 Å². The second kappa shape index (κ2) is 9.01. The molecular formula is C19H24N2O4. The third kappa shape index (κ3) is 6.06. The van der Waals surface area contributed by atoms with Gasteiger partial charge in [0, 0.05) is 13.0 Å². The molecule has 2 N–H and O–H groups in total. The topological polar surface area (TPSA) is 84.5 Å². The van der Waals surface area contributed by atoms with Gasteiger partial charge in [0.25, 0.3) is 5.91 Å². The first kappa shape index (κ1) is 18.7. The smallest absolute Gasteiger partial charge is 0.355 e. The molecule has 1 aliphatic rings. The quantitative estimate of drug-likeness (QED) is 0.612. The molecule has 0 unspecified atom stereocenters. The number of hydrogen-bond acceptors (Lipinski definition) is 4. The molecule has 6 heteroatoms. The lowest BCUT2D eigenvalue weighted by Crippen LogP contribution is -2.41. The normalized spacial score (nSPS) is 16.2. The number of nitrogens with one attached hydrogen (secondary N) is 2. The summed E-state index contributed by atoms with van der Waals surface area (Å²) in [6.07, 6.45) is 4.71. The molecule has 0 saturated heterocycles. The third-order valence-electron chi connectivity index (χ3n) is 4.00. The Morgan fingerprint density at radius 3 is 2.40 bits per heavy atom. The predicted octanol–water partition coefficient (Wildman–Crippen LogP) is 2.15. The van der Waals surface area contributed by atoms with E-state index in [1.54, 1.807) is 12.1 Å². The average molecular weight is 344 g/mol. The minimum absolute atomic E-state index is 0.000726. The molecule has 1 fully saturated rings. The lowest BCUT2D eigenvalue weighted by atomic mass is 10.2. The van der Waals surface area contributed by atoms with Crippen LogP contribution in [-0.4, -0.2) is 29.9 Å². The molecule has 0 bridgehead atoms. The fourth-order valence-electron chi connectivity index (χ4n) is 2.72. The minimum atomic E-state index is -0.930. The summed E-state index contributed by atoms with van der Waals surface area (Å²) in [7, 11) is 0. The minimum Gasteiger partial charge on any atom is -0.448 e. The van der Waals surface area contributed by atoms with E-state index in [0.717, 1.165) is 31.2 Å². The van der Waals surface area contributed by atoms with E-state index in [1.165, 1.54) is 19.9 Å². The Morgan fingerprint density at radius 1 is 1.16 bits per heavy atom. The molecule has 1 saturated carbocycles. The van der Waals surface area contributed by atoms with Gasteiger partial charge in [-0.05, 0) is 31.4 Å². The van der Waals surface area contributed by atoms with Crippen molar-refractivity contribution in [3.63, 3.8) is 0 Å². The summed E-state index contributed by atoms with van der Waals surface area (Å²) >= 11 is 0. The summed E-state index contributed by atoms with van der Waals surface area (Å²) in [4.78, 5) is 35.9. The molecule has 1 aromatic rings. The second-order valence-corrected chi connectivity index (χ2v) is 6.19. The van der Waals surface area contributed by atoms with E-state index in [-0.39, 0.29) is 23.6 Å². The molecule has 2 amide bonds. The number of rotatable bonds is 6. The molecule has 0 heterocycles. The van der Waals surface area contributed by atoms with Crippen LogP contribution in [0.5, 0.6) is 0 Å². The van der Waals surface area contributed by atoms with E-state index in [1.807, 2.05) is 18.2 Å². The summed E-state index contributed by atoms with van der Waals surface area (Å²) in [5, 5.41) is 5.35. The summed E-state index contributed by atoms with van der Waals surface area (Å²) in [6.45, 7) is 2.83. The van der Waals surface area contributed by atoms with Gasteiger partial charge in [0.1, 0.15) is 5.70 Å². The van der Waals surface area contributed by atoms with Crippen LogP contribution in [0.15, 0.2) is 36.0 Å².